The second kappa shape index (κ2) is 9.90. The molecular weight excluding hydrogens is 333 g/mol. The molecule has 6 heteroatoms. The molecule has 0 aromatic carbocycles. The summed E-state index contributed by atoms with van der Waals surface area (Å²) in [5.74, 6) is 1.58. The Kier molecular flexibility index (Phi) is 9.85. The Bertz CT molecular complexity index is 227. The monoisotopic (exact) mass is 357 g/mol. The van der Waals surface area contributed by atoms with Gasteiger partial charge in [-0.15, -0.1) is 24.0 Å². The van der Waals surface area contributed by atoms with Crippen molar-refractivity contribution in [1.82, 2.24) is 10.2 Å². The highest BCUT2D eigenvalue weighted by Crippen LogP contribution is 2.16. The molecule has 1 rings (SSSR count). The smallest absolute Gasteiger partial charge is 0.193 e. The molecule has 0 aromatic heterocycles. The maximum Gasteiger partial charge on any atom is 0.193 e. The van der Waals surface area contributed by atoms with E-state index in [2.05, 4.69) is 15.2 Å². The van der Waals surface area contributed by atoms with Crippen LogP contribution in [0.15, 0.2) is 4.99 Å². The van der Waals surface area contributed by atoms with E-state index in [0.717, 1.165) is 25.7 Å². The molecule has 1 heterocycles. The molecule has 5 nitrogen and oxygen atoms in total. The van der Waals surface area contributed by atoms with Crippen LogP contribution in [-0.2, 0) is 9.47 Å². The minimum absolute atomic E-state index is 0. The van der Waals surface area contributed by atoms with Gasteiger partial charge in [0, 0.05) is 40.2 Å². The fraction of sp³-hybridized carbons (Fsp3) is 0.909. The molecule has 1 aliphatic rings. The number of guanidine groups is 1. The van der Waals surface area contributed by atoms with Crippen molar-refractivity contribution in [1.29, 1.82) is 0 Å². The average molecular weight is 357 g/mol. The van der Waals surface area contributed by atoms with Crippen molar-refractivity contribution in [3.05, 3.63) is 0 Å². The summed E-state index contributed by atoms with van der Waals surface area (Å²) in [5.41, 5.74) is 0. The zero-order valence-electron chi connectivity index (χ0n) is 10.9. The minimum Gasteiger partial charge on any atom is -0.382 e. The number of rotatable bonds is 5. The summed E-state index contributed by atoms with van der Waals surface area (Å²) in [6, 6.07) is 0. The quantitative estimate of drug-likeness (QED) is 0.342. The highest BCUT2D eigenvalue weighted by atomic mass is 127. The number of nitrogens with zero attached hydrogens (tertiary/aromatic N) is 2. The molecule has 1 saturated heterocycles. The Balaban J connectivity index is 0.00000256. The summed E-state index contributed by atoms with van der Waals surface area (Å²) in [6.07, 6.45) is 1.17. The number of hydrogen-bond donors (Lipinski definition) is 1. The second-order valence-corrected chi connectivity index (χ2v) is 3.97. The third-order valence-electron chi connectivity index (χ3n) is 2.81. The van der Waals surface area contributed by atoms with Crippen LogP contribution in [0, 0.1) is 5.92 Å². The summed E-state index contributed by atoms with van der Waals surface area (Å²) in [6.45, 7) is 4.27. The van der Waals surface area contributed by atoms with Crippen molar-refractivity contribution in [2.24, 2.45) is 10.9 Å². The number of hydrogen-bond acceptors (Lipinski definition) is 3. The van der Waals surface area contributed by atoms with Crippen LogP contribution in [0.4, 0.5) is 0 Å². The van der Waals surface area contributed by atoms with Gasteiger partial charge in [-0.05, 0) is 6.42 Å². The first-order valence-electron chi connectivity index (χ1n) is 5.78. The first-order valence-corrected chi connectivity index (χ1v) is 5.78. The molecule has 0 spiro atoms. The SMILES string of the molecule is CN=C(NC)N1CCC(COCCOC)C1.I. The van der Waals surface area contributed by atoms with Gasteiger partial charge in [-0.3, -0.25) is 4.99 Å². The van der Waals surface area contributed by atoms with Crippen LogP contribution >= 0.6 is 24.0 Å². The van der Waals surface area contributed by atoms with E-state index in [1.165, 1.54) is 6.42 Å². The van der Waals surface area contributed by atoms with Gasteiger partial charge >= 0.3 is 0 Å². The van der Waals surface area contributed by atoms with Crippen molar-refractivity contribution >= 4 is 29.9 Å². The zero-order chi connectivity index (χ0) is 11.8. The fourth-order valence-corrected chi connectivity index (χ4v) is 1.96. The Labute approximate surface area is 121 Å². The lowest BCUT2D eigenvalue weighted by molar-refractivity contribution is 0.0536. The fourth-order valence-electron chi connectivity index (χ4n) is 1.96. The first-order chi connectivity index (χ1) is 7.81. The lowest BCUT2D eigenvalue weighted by Crippen LogP contribution is -2.38. The zero-order valence-corrected chi connectivity index (χ0v) is 13.3. The van der Waals surface area contributed by atoms with E-state index in [1.807, 2.05) is 14.1 Å². The van der Waals surface area contributed by atoms with Gasteiger partial charge in [0.2, 0.25) is 0 Å². The molecule has 1 aliphatic heterocycles. The largest absolute Gasteiger partial charge is 0.382 e. The average Bonchev–Trinajstić information content (AvgIpc) is 2.75. The number of aliphatic imine (C=N–C) groups is 1. The van der Waals surface area contributed by atoms with Crippen LogP contribution in [0.1, 0.15) is 6.42 Å². The number of likely N-dealkylation sites (tertiary alicyclic amines) is 1. The van der Waals surface area contributed by atoms with Crippen LogP contribution in [0.25, 0.3) is 0 Å². The van der Waals surface area contributed by atoms with E-state index in [4.69, 9.17) is 9.47 Å². The Hall–Kier alpha value is -0.0800. The summed E-state index contributed by atoms with van der Waals surface area (Å²) in [5, 5.41) is 3.11. The van der Waals surface area contributed by atoms with Gasteiger partial charge in [-0.1, -0.05) is 0 Å². The minimum atomic E-state index is 0. The molecule has 0 radical (unpaired) electrons. The van der Waals surface area contributed by atoms with Crippen LogP contribution in [0.2, 0.25) is 0 Å². The van der Waals surface area contributed by atoms with Gasteiger partial charge < -0.3 is 19.7 Å². The van der Waals surface area contributed by atoms with Crippen molar-refractivity contribution in [2.45, 2.75) is 6.42 Å². The lowest BCUT2D eigenvalue weighted by atomic mass is 10.1. The van der Waals surface area contributed by atoms with Crippen molar-refractivity contribution in [2.75, 3.05) is 54.1 Å². The molecule has 1 N–H and O–H groups in total. The highest BCUT2D eigenvalue weighted by molar-refractivity contribution is 14.0. The van der Waals surface area contributed by atoms with Gasteiger partial charge in [-0.2, -0.15) is 0 Å². The van der Waals surface area contributed by atoms with Crippen LogP contribution < -0.4 is 5.32 Å². The van der Waals surface area contributed by atoms with Gasteiger partial charge in [0.1, 0.15) is 0 Å². The Morgan fingerprint density at radius 3 is 2.82 bits per heavy atom. The predicted molar refractivity (Wildman–Crippen MR) is 80.2 cm³/mol. The topological polar surface area (TPSA) is 46.1 Å². The lowest BCUT2D eigenvalue weighted by Gasteiger charge is -2.19. The Morgan fingerprint density at radius 2 is 2.24 bits per heavy atom. The van der Waals surface area contributed by atoms with Gasteiger partial charge in [0.05, 0.1) is 19.8 Å². The third kappa shape index (κ3) is 5.87. The maximum absolute atomic E-state index is 5.54. The summed E-state index contributed by atoms with van der Waals surface area (Å²) < 4.78 is 10.5. The van der Waals surface area contributed by atoms with E-state index >= 15 is 0 Å². The van der Waals surface area contributed by atoms with E-state index in [0.29, 0.717) is 19.1 Å². The molecule has 17 heavy (non-hydrogen) atoms. The first kappa shape index (κ1) is 16.9. The third-order valence-corrected chi connectivity index (χ3v) is 2.81. The van der Waals surface area contributed by atoms with Crippen molar-refractivity contribution in [3.63, 3.8) is 0 Å². The molecular formula is C11H24IN3O2. The summed E-state index contributed by atoms with van der Waals surface area (Å²) in [7, 11) is 5.41. The molecule has 1 unspecified atom stereocenters. The van der Waals surface area contributed by atoms with Crippen LogP contribution in [0.5, 0.6) is 0 Å². The summed E-state index contributed by atoms with van der Waals surface area (Å²) >= 11 is 0. The van der Waals surface area contributed by atoms with Crippen LogP contribution in [-0.4, -0.2) is 65.0 Å². The number of halogens is 1. The van der Waals surface area contributed by atoms with Crippen LogP contribution in [0.3, 0.4) is 0 Å². The number of nitrogens with one attached hydrogen (secondary N) is 1. The molecule has 0 saturated carbocycles. The molecule has 0 bridgehead atoms. The highest BCUT2D eigenvalue weighted by Gasteiger charge is 2.24. The molecule has 1 fully saturated rings. The van der Waals surface area contributed by atoms with E-state index in [1.54, 1.807) is 7.11 Å². The predicted octanol–water partition coefficient (Wildman–Crippen LogP) is 0.794. The van der Waals surface area contributed by atoms with Crippen molar-refractivity contribution < 1.29 is 9.47 Å². The summed E-state index contributed by atoms with van der Waals surface area (Å²) in [4.78, 5) is 6.47. The Morgan fingerprint density at radius 1 is 1.47 bits per heavy atom. The standard InChI is InChI=1S/C11H23N3O2.HI/c1-12-11(13-2)14-5-4-10(8-14)9-16-7-6-15-3;/h10H,4-9H2,1-3H3,(H,12,13);1H. The molecule has 1 atom stereocenters. The number of ether oxygens (including phenoxy) is 2. The second-order valence-electron chi connectivity index (χ2n) is 3.97. The van der Waals surface area contributed by atoms with E-state index in [-0.39, 0.29) is 24.0 Å². The molecule has 0 amide bonds. The normalized spacial score (nSPS) is 20.3. The van der Waals surface area contributed by atoms with Gasteiger partial charge in [0.15, 0.2) is 5.96 Å². The molecule has 0 aromatic rings. The van der Waals surface area contributed by atoms with Gasteiger partial charge in [0.25, 0.3) is 0 Å². The number of methoxy groups -OCH3 is 1. The maximum atomic E-state index is 5.54. The van der Waals surface area contributed by atoms with Gasteiger partial charge in [-0.25, -0.2) is 0 Å². The van der Waals surface area contributed by atoms with E-state index < -0.39 is 0 Å². The molecule has 0 aliphatic carbocycles. The van der Waals surface area contributed by atoms with Crippen molar-refractivity contribution in [3.8, 4) is 0 Å². The molecule has 102 valence electrons. The van der Waals surface area contributed by atoms with E-state index in [9.17, 15) is 0 Å².